The van der Waals surface area contributed by atoms with Crippen LogP contribution in [-0.2, 0) is 11.8 Å². The summed E-state index contributed by atoms with van der Waals surface area (Å²) in [6.07, 6.45) is 23.8. The minimum atomic E-state index is -1.83. The van der Waals surface area contributed by atoms with E-state index >= 15 is 0 Å². The fraction of sp³-hybridized carbons (Fsp3) is 0.783. The minimum Gasteiger partial charge on any atom is -1.00 e. The number of carbonyl (C=O) groups is 2. The number of aryl methyl sites for hydroxylation is 1. The number of carboxylic acid groups (broad SMARTS) is 3. The van der Waals surface area contributed by atoms with Crippen LogP contribution >= 0.6 is 0 Å². The first-order chi connectivity index (χ1) is 14.4. The molecule has 1 aromatic rings. The van der Waals surface area contributed by atoms with Gasteiger partial charge in [-0.05, 0) is 6.42 Å². The smallest absolute Gasteiger partial charge is 1.00 e. The van der Waals surface area contributed by atoms with Gasteiger partial charge in [0.05, 0.1) is 6.33 Å². The number of hydrogen-bond donors (Lipinski definition) is 3. The second-order valence-corrected chi connectivity index (χ2v) is 7.60. The van der Waals surface area contributed by atoms with E-state index in [1.165, 1.54) is 83.5 Å². The maximum Gasteiger partial charge on any atom is 2.00 e. The third-order valence-corrected chi connectivity index (χ3v) is 4.63. The Bertz CT molecular complexity index is 491. The second kappa shape index (κ2) is 29.2. The van der Waals surface area contributed by atoms with E-state index in [-0.39, 0.29) is 40.6 Å². The van der Waals surface area contributed by atoms with Crippen molar-refractivity contribution in [3.8, 4) is 0 Å². The van der Waals surface area contributed by atoms with Crippen LogP contribution in [0.2, 0.25) is 0 Å². The van der Waals surface area contributed by atoms with Crippen LogP contribution in [0.25, 0.3) is 0 Å². The van der Waals surface area contributed by atoms with Crippen LogP contribution in [0.1, 0.15) is 113 Å². The van der Waals surface area contributed by atoms with Crippen LogP contribution in [0.4, 0.5) is 4.79 Å². The first-order valence-corrected chi connectivity index (χ1v) is 11.5. The van der Waals surface area contributed by atoms with Crippen LogP contribution in [0.5, 0.6) is 0 Å². The fourth-order valence-electron chi connectivity index (χ4n) is 2.97. The zero-order chi connectivity index (χ0) is 22.9. The summed E-state index contributed by atoms with van der Waals surface area (Å²) in [4.78, 5) is 22.7. The summed E-state index contributed by atoms with van der Waals surface area (Å²) in [6, 6.07) is 0. The predicted octanol–water partition coefficient (Wildman–Crippen LogP) is 6.82. The molecule has 0 fully saturated rings. The van der Waals surface area contributed by atoms with E-state index in [2.05, 4.69) is 11.9 Å². The molecule has 0 radical (unpaired) electrons. The predicted molar refractivity (Wildman–Crippen MR) is 129 cm³/mol. The summed E-state index contributed by atoms with van der Waals surface area (Å²) in [7, 11) is 1.94. The van der Waals surface area contributed by atoms with E-state index in [0.717, 1.165) is 12.8 Å². The molecule has 8 heteroatoms. The van der Waals surface area contributed by atoms with Gasteiger partial charge in [0, 0.05) is 25.9 Å². The first-order valence-electron chi connectivity index (χ1n) is 11.5. The normalized spacial score (nSPS) is 9.48. The molecular formula is C23H46CaN2O5. The first kappa shape index (κ1) is 34.8. The van der Waals surface area contributed by atoms with Crippen molar-refractivity contribution in [1.29, 1.82) is 0 Å². The third-order valence-electron chi connectivity index (χ3n) is 4.63. The Kier molecular flexibility index (Phi) is 32.8. The minimum absolute atomic E-state index is 0. The maximum atomic E-state index is 10.3. The molecule has 180 valence electrons. The van der Waals surface area contributed by atoms with Crippen LogP contribution in [-0.4, -0.2) is 74.7 Å². The zero-order valence-corrected chi connectivity index (χ0v) is 22.0. The Balaban J connectivity index is -0.000000167. The molecule has 0 saturated heterocycles. The number of aromatic nitrogens is 2. The molecule has 1 heterocycles. The maximum absolute atomic E-state index is 10.3. The molecule has 7 nitrogen and oxygen atoms in total. The van der Waals surface area contributed by atoms with Gasteiger partial charge < -0.3 is 22.7 Å². The molecule has 1 aromatic heterocycles. The van der Waals surface area contributed by atoms with Crippen molar-refractivity contribution < 1.29 is 27.8 Å². The molecule has 0 aliphatic carbocycles. The van der Waals surface area contributed by atoms with Crippen molar-refractivity contribution >= 4 is 49.9 Å². The van der Waals surface area contributed by atoms with Gasteiger partial charge in [-0.1, -0.05) is 96.8 Å². The Morgan fingerprint density at radius 1 is 0.774 bits per heavy atom. The largest absolute Gasteiger partial charge is 2.00 e. The zero-order valence-electron chi connectivity index (χ0n) is 21.8. The topological polar surface area (TPSA) is 113 Å². The third kappa shape index (κ3) is 40.1. The number of carboxylic acids is 1. The Hall–Kier alpha value is -0.790. The number of unbranched alkanes of at least 4 members (excludes halogenated alkanes) is 14. The Morgan fingerprint density at radius 3 is 1.35 bits per heavy atom. The monoisotopic (exact) mass is 470 g/mol. The Morgan fingerprint density at radius 2 is 1.13 bits per heavy atom. The molecule has 0 bridgehead atoms. The van der Waals surface area contributed by atoms with Gasteiger partial charge in [-0.25, -0.2) is 9.78 Å². The van der Waals surface area contributed by atoms with Gasteiger partial charge in [-0.3, -0.25) is 4.79 Å². The molecule has 0 aliphatic rings. The van der Waals surface area contributed by atoms with Gasteiger partial charge in [0.1, 0.15) is 0 Å². The van der Waals surface area contributed by atoms with Crippen molar-refractivity contribution in [2.24, 2.45) is 7.05 Å². The molecule has 0 spiro atoms. The summed E-state index contributed by atoms with van der Waals surface area (Å²) in [5.74, 6) is -0.653. The van der Waals surface area contributed by atoms with Crippen molar-refractivity contribution in [2.75, 3.05) is 0 Å². The van der Waals surface area contributed by atoms with E-state index in [1.54, 1.807) is 12.5 Å². The van der Waals surface area contributed by atoms with E-state index in [1.807, 2.05) is 17.8 Å². The van der Waals surface area contributed by atoms with Gasteiger partial charge in [0.15, 0.2) is 0 Å². The van der Waals surface area contributed by atoms with Crippen molar-refractivity contribution in [2.45, 2.75) is 110 Å². The summed E-state index contributed by atoms with van der Waals surface area (Å²) in [5.41, 5.74) is 0. The molecule has 0 unspecified atom stereocenters. The summed E-state index contributed by atoms with van der Waals surface area (Å²) >= 11 is 0. The number of rotatable bonds is 16. The standard InChI is InChI=1S/C18H36O2.C4H6N2.CH2O3.Ca.2H/c1-2-3-4-5-6-7-8-9-10-11-12-13-14-15-16-17-18(19)20;1-6-3-2-5-4-6;2-1(3)4;;;/h2-17H2,1H3,(H,19,20);2-4H,1H3;(H2,2,3,4);;;/q;;;+2;2*-1. The molecule has 31 heavy (non-hydrogen) atoms. The fourth-order valence-corrected chi connectivity index (χ4v) is 2.97. The summed E-state index contributed by atoms with van der Waals surface area (Å²) < 4.78 is 1.89. The van der Waals surface area contributed by atoms with Crippen molar-refractivity contribution in [3.63, 3.8) is 0 Å². The van der Waals surface area contributed by atoms with Crippen molar-refractivity contribution in [1.82, 2.24) is 9.55 Å². The van der Waals surface area contributed by atoms with E-state index in [4.69, 9.17) is 20.1 Å². The van der Waals surface area contributed by atoms with Crippen LogP contribution < -0.4 is 0 Å². The number of hydrogen-bond acceptors (Lipinski definition) is 3. The molecular weight excluding hydrogens is 424 g/mol. The van der Waals surface area contributed by atoms with Gasteiger partial charge in [-0.2, -0.15) is 0 Å². The van der Waals surface area contributed by atoms with Crippen molar-refractivity contribution in [3.05, 3.63) is 18.7 Å². The van der Waals surface area contributed by atoms with E-state index < -0.39 is 12.1 Å². The molecule has 0 amide bonds. The SMILES string of the molecule is CCCCCCCCCCCCCCCCCC(=O)O.Cn1ccnc1.O=C(O)O.[Ca+2].[H-].[H-]. The van der Waals surface area contributed by atoms with Gasteiger partial charge in [-0.15, -0.1) is 0 Å². The van der Waals surface area contributed by atoms with Gasteiger partial charge >= 0.3 is 49.9 Å². The molecule has 0 saturated carbocycles. The summed E-state index contributed by atoms with van der Waals surface area (Å²) in [5, 5.41) is 22.5. The van der Waals surface area contributed by atoms with Crippen LogP contribution in [0, 0.1) is 0 Å². The molecule has 0 atom stereocenters. The number of imidazole rings is 1. The Labute approximate surface area is 221 Å². The van der Waals surface area contributed by atoms with Crippen LogP contribution in [0.15, 0.2) is 18.7 Å². The van der Waals surface area contributed by atoms with E-state index in [0.29, 0.717) is 6.42 Å². The quantitative estimate of drug-likeness (QED) is 0.180. The molecule has 1 rings (SSSR count). The summed E-state index contributed by atoms with van der Waals surface area (Å²) in [6.45, 7) is 2.27. The molecule has 3 N–H and O–H groups in total. The average Bonchev–Trinajstić information content (AvgIpc) is 3.16. The number of aliphatic carboxylic acids is 1. The van der Waals surface area contributed by atoms with E-state index in [9.17, 15) is 4.79 Å². The number of nitrogens with zero attached hydrogens (tertiary/aromatic N) is 2. The van der Waals surface area contributed by atoms with Gasteiger partial charge in [0.2, 0.25) is 0 Å². The second-order valence-electron chi connectivity index (χ2n) is 7.60. The average molecular weight is 471 g/mol. The molecule has 0 aliphatic heterocycles. The van der Waals surface area contributed by atoms with Crippen LogP contribution in [0.3, 0.4) is 0 Å². The molecule has 0 aromatic carbocycles. The van der Waals surface area contributed by atoms with Gasteiger partial charge in [0.25, 0.3) is 0 Å².